The van der Waals surface area contributed by atoms with Crippen molar-refractivity contribution in [2.24, 2.45) is 0 Å². The number of sulfonamides is 1. The summed E-state index contributed by atoms with van der Waals surface area (Å²) in [5, 5.41) is 0.385. The average molecular weight is 508 g/mol. The summed E-state index contributed by atoms with van der Waals surface area (Å²) in [6, 6.07) is 15.0. The third-order valence-corrected chi connectivity index (χ3v) is 7.52. The molecule has 2 aromatic carbocycles. The van der Waals surface area contributed by atoms with E-state index in [1.54, 1.807) is 48.5 Å². The van der Waals surface area contributed by atoms with E-state index in [0.717, 1.165) is 0 Å². The molecule has 0 atom stereocenters. The number of anilines is 2. The quantitative estimate of drug-likeness (QED) is 0.406. The monoisotopic (exact) mass is 507 g/mol. The number of aromatic nitrogens is 3. The van der Waals surface area contributed by atoms with Crippen LogP contribution in [0.25, 0.3) is 22.0 Å². The first-order valence-corrected chi connectivity index (χ1v) is 12.9. The summed E-state index contributed by atoms with van der Waals surface area (Å²) >= 11 is 0. The zero-order valence-corrected chi connectivity index (χ0v) is 20.4. The number of nitrogens with zero attached hydrogens (tertiary/aromatic N) is 3. The first-order valence-electron chi connectivity index (χ1n) is 11.4. The highest BCUT2D eigenvalue weighted by Gasteiger charge is 2.24. The van der Waals surface area contributed by atoms with Crippen molar-refractivity contribution in [1.29, 1.82) is 0 Å². The summed E-state index contributed by atoms with van der Waals surface area (Å²) < 4.78 is 41.1. The van der Waals surface area contributed by atoms with Crippen LogP contribution in [0.1, 0.15) is 18.9 Å². The topological polar surface area (TPSA) is 138 Å². The number of ether oxygens (including phenoxy) is 2. The Morgan fingerprint density at radius 3 is 2.56 bits per heavy atom. The molecule has 1 saturated heterocycles. The summed E-state index contributed by atoms with van der Waals surface area (Å²) in [6.45, 7) is 1.11. The van der Waals surface area contributed by atoms with Crippen LogP contribution in [0.5, 0.6) is 5.88 Å². The van der Waals surface area contributed by atoms with Gasteiger partial charge in [0.1, 0.15) is 4.90 Å². The van der Waals surface area contributed by atoms with Crippen LogP contribution >= 0.6 is 0 Å². The smallest absolute Gasteiger partial charge is 0.267 e. The highest BCUT2D eigenvalue weighted by atomic mass is 32.2. The average Bonchev–Trinajstić information content (AvgIpc) is 2.89. The number of pyridine rings is 1. The van der Waals surface area contributed by atoms with Gasteiger partial charge in [0.15, 0.2) is 0 Å². The van der Waals surface area contributed by atoms with E-state index in [9.17, 15) is 13.2 Å². The summed E-state index contributed by atoms with van der Waals surface area (Å²) in [7, 11) is -2.65. The molecule has 1 fully saturated rings. The predicted octanol–water partition coefficient (Wildman–Crippen LogP) is 3.20. The van der Waals surface area contributed by atoms with Gasteiger partial charge in [0.2, 0.25) is 11.8 Å². The third kappa shape index (κ3) is 4.50. The minimum atomic E-state index is -4.01. The molecule has 36 heavy (non-hydrogen) atoms. The first kappa shape index (κ1) is 23.8. The molecular formula is C25H25N5O5S. The van der Waals surface area contributed by atoms with E-state index in [0.29, 0.717) is 53.8 Å². The van der Waals surface area contributed by atoms with E-state index in [1.165, 1.54) is 23.9 Å². The highest BCUT2D eigenvalue weighted by molar-refractivity contribution is 7.92. The molecule has 5 rings (SSSR count). The van der Waals surface area contributed by atoms with Gasteiger partial charge in [-0.1, -0.05) is 24.3 Å². The Labute approximate surface area is 207 Å². The second-order valence-electron chi connectivity index (χ2n) is 8.42. The number of hydrogen-bond donors (Lipinski definition) is 2. The van der Waals surface area contributed by atoms with Crippen molar-refractivity contribution in [3.8, 4) is 17.0 Å². The van der Waals surface area contributed by atoms with Gasteiger partial charge in [0.05, 0.1) is 18.0 Å². The van der Waals surface area contributed by atoms with E-state index in [-0.39, 0.29) is 28.3 Å². The minimum Gasteiger partial charge on any atom is -0.480 e. The number of fused-ring (bicyclic) bond motifs is 1. The van der Waals surface area contributed by atoms with Gasteiger partial charge in [-0.15, -0.1) is 0 Å². The van der Waals surface area contributed by atoms with Crippen LogP contribution in [-0.4, -0.2) is 43.3 Å². The number of nitrogens with two attached hydrogens (primary N) is 1. The fraction of sp³-hybridized carbons (Fsp3) is 0.240. The molecule has 1 aliphatic rings. The van der Waals surface area contributed by atoms with Crippen LogP contribution in [0.4, 0.5) is 11.6 Å². The van der Waals surface area contributed by atoms with Gasteiger partial charge in [-0.2, -0.15) is 0 Å². The Balaban J connectivity index is 1.59. The number of para-hydroxylation sites is 1. The van der Waals surface area contributed by atoms with Crippen LogP contribution in [0.15, 0.2) is 70.5 Å². The summed E-state index contributed by atoms with van der Waals surface area (Å²) in [5.74, 6) is 0.123. The molecule has 11 heteroatoms. The van der Waals surface area contributed by atoms with Gasteiger partial charge >= 0.3 is 0 Å². The summed E-state index contributed by atoms with van der Waals surface area (Å²) in [6.07, 6.45) is 2.85. The number of nitrogens with one attached hydrogen (secondary N) is 1. The highest BCUT2D eigenvalue weighted by Crippen LogP contribution is 2.31. The molecule has 0 spiro atoms. The zero-order valence-electron chi connectivity index (χ0n) is 19.5. The maximum absolute atomic E-state index is 13.4. The number of hydrogen-bond acceptors (Lipinski definition) is 8. The lowest BCUT2D eigenvalue weighted by atomic mass is 10.0. The standard InChI is InChI=1S/C25H25N5O5S/c1-34-23-22(36(32,33)29-18-5-3-2-4-6-18)14-17(15-27-23)16-7-8-21-20(13-16)24(31)30(25(26)28-21)19-9-11-35-12-10-19/h2-8,13-15,19,29H,9-12H2,1H3,(H2,26,28). The second-order valence-corrected chi connectivity index (χ2v) is 10.1. The SMILES string of the molecule is COc1ncc(-c2ccc3nc(N)n(C4CCOCC4)c(=O)c3c2)cc1S(=O)(=O)Nc1ccccc1. The Hall–Kier alpha value is -3.96. The van der Waals surface area contributed by atoms with Gasteiger partial charge in [0.25, 0.3) is 15.6 Å². The fourth-order valence-corrected chi connectivity index (χ4v) is 5.55. The summed E-state index contributed by atoms with van der Waals surface area (Å²) in [5.41, 5.74) is 7.88. The van der Waals surface area contributed by atoms with Crippen molar-refractivity contribution in [1.82, 2.24) is 14.5 Å². The van der Waals surface area contributed by atoms with Crippen molar-refractivity contribution in [3.05, 3.63) is 71.1 Å². The molecule has 0 unspecified atom stereocenters. The van der Waals surface area contributed by atoms with Gasteiger partial charge in [-0.05, 0) is 48.7 Å². The molecule has 2 aromatic heterocycles. The molecule has 0 radical (unpaired) electrons. The molecule has 0 saturated carbocycles. The van der Waals surface area contributed by atoms with E-state index < -0.39 is 10.0 Å². The molecule has 4 aromatic rings. The van der Waals surface area contributed by atoms with Gasteiger partial charge in [0, 0.05) is 36.7 Å². The molecular weight excluding hydrogens is 482 g/mol. The van der Waals surface area contributed by atoms with Crippen LogP contribution in [0.2, 0.25) is 0 Å². The van der Waals surface area contributed by atoms with Gasteiger partial charge in [-0.3, -0.25) is 14.1 Å². The van der Waals surface area contributed by atoms with Crippen LogP contribution in [0, 0.1) is 0 Å². The normalized spacial score (nSPS) is 14.6. The van der Waals surface area contributed by atoms with E-state index in [4.69, 9.17) is 15.2 Å². The van der Waals surface area contributed by atoms with Crippen LogP contribution in [0.3, 0.4) is 0 Å². The maximum atomic E-state index is 13.4. The van der Waals surface area contributed by atoms with Crippen molar-refractivity contribution in [2.75, 3.05) is 30.8 Å². The lowest BCUT2D eigenvalue weighted by molar-refractivity contribution is 0.0692. The maximum Gasteiger partial charge on any atom is 0.267 e. The lowest BCUT2D eigenvalue weighted by Crippen LogP contribution is -2.31. The molecule has 1 aliphatic heterocycles. The lowest BCUT2D eigenvalue weighted by Gasteiger charge is -2.25. The molecule has 10 nitrogen and oxygen atoms in total. The minimum absolute atomic E-state index is 0.0423. The van der Waals surface area contributed by atoms with Crippen molar-refractivity contribution < 1.29 is 17.9 Å². The summed E-state index contributed by atoms with van der Waals surface area (Å²) in [4.78, 5) is 21.9. The van der Waals surface area contributed by atoms with Crippen molar-refractivity contribution in [2.45, 2.75) is 23.8 Å². The number of nitrogen functional groups attached to an aromatic ring is 1. The second kappa shape index (κ2) is 9.59. The Bertz CT molecular complexity index is 1580. The number of rotatable bonds is 6. The first-order chi connectivity index (χ1) is 17.4. The van der Waals surface area contributed by atoms with Crippen LogP contribution < -0.4 is 20.8 Å². The largest absolute Gasteiger partial charge is 0.480 e. The molecule has 186 valence electrons. The molecule has 3 N–H and O–H groups in total. The Kier molecular flexibility index (Phi) is 6.33. The fourth-order valence-electron chi connectivity index (χ4n) is 4.34. The molecule has 0 bridgehead atoms. The van der Waals surface area contributed by atoms with E-state index in [2.05, 4.69) is 14.7 Å². The molecule has 0 amide bonds. The Morgan fingerprint density at radius 2 is 1.83 bits per heavy atom. The van der Waals surface area contributed by atoms with Crippen molar-refractivity contribution in [3.63, 3.8) is 0 Å². The van der Waals surface area contributed by atoms with E-state index >= 15 is 0 Å². The number of methoxy groups -OCH3 is 1. The van der Waals surface area contributed by atoms with Gasteiger partial charge < -0.3 is 15.2 Å². The zero-order chi connectivity index (χ0) is 25.3. The predicted molar refractivity (Wildman–Crippen MR) is 137 cm³/mol. The number of benzene rings is 2. The molecule has 3 heterocycles. The van der Waals surface area contributed by atoms with Crippen LogP contribution in [-0.2, 0) is 14.8 Å². The van der Waals surface area contributed by atoms with Gasteiger partial charge in [-0.25, -0.2) is 18.4 Å². The Morgan fingerprint density at radius 1 is 1.08 bits per heavy atom. The molecule has 0 aliphatic carbocycles. The van der Waals surface area contributed by atoms with Crippen molar-refractivity contribution >= 4 is 32.6 Å². The van der Waals surface area contributed by atoms with E-state index in [1.807, 2.05) is 0 Å². The third-order valence-electron chi connectivity index (χ3n) is 6.14.